The van der Waals surface area contributed by atoms with Gasteiger partial charge in [0.25, 0.3) is 5.91 Å². The van der Waals surface area contributed by atoms with Crippen molar-refractivity contribution in [2.24, 2.45) is 5.73 Å². The third-order valence-corrected chi connectivity index (χ3v) is 3.50. The molecule has 1 aliphatic rings. The fraction of sp³-hybridized carbons (Fsp3) is 0.308. The van der Waals surface area contributed by atoms with E-state index in [1.807, 2.05) is 0 Å². The van der Waals surface area contributed by atoms with Crippen molar-refractivity contribution >= 4 is 36.2 Å². The smallest absolute Gasteiger partial charge is 0.416 e. The third kappa shape index (κ3) is 2.98. The second-order valence-corrected chi connectivity index (χ2v) is 4.99. The average molecular weight is 327 g/mol. The minimum absolute atomic E-state index is 0.0529. The number of hydrogen-bond donors (Lipinski definition) is 3. The maximum atomic E-state index is 13.8. The summed E-state index contributed by atoms with van der Waals surface area (Å²) in [5.74, 6) is -2.19. The molecule has 22 heavy (non-hydrogen) atoms. The van der Waals surface area contributed by atoms with E-state index in [-0.39, 0.29) is 17.0 Å². The van der Waals surface area contributed by atoms with Crippen LogP contribution in [0.4, 0.5) is 14.9 Å². The van der Waals surface area contributed by atoms with Gasteiger partial charge in [-0.15, -0.1) is 0 Å². The van der Waals surface area contributed by atoms with E-state index >= 15 is 0 Å². The number of primary amides is 1. The number of nitrogens with one attached hydrogen (secondary N) is 1. The van der Waals surface area contributed by atoms with Gasteiger partial charge >= 0.3 is 6.09 Å². The van der Waals surface area contributed by atoms with Crippen molar-refractivity contribution in [1.82, 2.24) is 5.32 Å². The first kappa shape index (κ1) is 16.1. The van der Waals surface area contributed by atoms with E-state index in [1.54, 1.807) is 6.92 Å². The highest BCUT2D eigenvalue weighted by Gasteiger charge is 2.40. The summed E-state index contributed by atoms with van der Waals surface area (Å²) in [7, 11) is 0. The van der Waals surface area contributed by atoms with Gasteiger partial charge in [-0.1, -0.05) is 0 Å². The summed E-state index contributed by atoms with van der Waals surface area (Å²) in [6, 6.07) is 3.02. The van der Waals surface area contributed by atoms with E-state index in [4.69, 9.17) is 10.5 Å². The van der Waals surface area contributed by atoms with Gasteiger partial charge in [0, 0.05) is 0 Å². The number of rotatable bonds is 4. The number of thiol groups is 1. The van der Waals surface area contributed by atoms with Crippen molar-refractivity contribution < 1.29 is 23.5 Å². The molecule has 9 heteroatoms. The van der Waals surface area contributed by atoms with Crippen LogP contribution in [0.25, 0.3) is 0 Å². The predicted molar refractivity (Wildman–Crippen MR) is 79.1 cm³/mol. The topological polar surface area (TPSA) is 102 Å². The van der Waals surface area contributed by atoms with E-state index in [0.29, 0.717) is 0 Å². The number of nitrogens with two attached hydrogens (primary N) is 1. The molecule has 1 aliphatic heterocycles. The molecule has 0 aromatic heterocycles. The molecule has 1 saturated heterocycles. The Morgan fingerprint density at radius 1 is 1.50 bits per heavy atom. The number of amides is 3. The molecule has 1 unspecified atom stereocenters. The maximum absolute atomic E-state index is 13.8. The summed E-state index contributed by atoms with van der Waals surface area (Å²) >= 11 is 3.82. The van der Waals surface area contributed by atoms with Gasteiger partial charge in [0.1, 0.15) is 5.82 Å². The molecule has 1 heterocycles. The Labute approximate surface area is 131 Å². The van der Waals surface area contributed by atoms with Crippen molar-refractivity contribution in [2.75, 3.05) is 10.7 Å². The molecule has 0 aliphatic carbocycles. The normalized spacial score (nSPS) is 20.7. The zero-order valence-electron chi connectivity index (χ0n) is 11.6. The first-order chi connectivity index (χ1) is 10.3. The first-order valence-corrected chi connectivity index (χ1v) is 6.97. The summed E-state index contributed by atoms with van der Waals surface area (Å²) < 4.78 is 18.8. The van der Waals surface area contributed by atoms with Crippen molar-refractivity contribution in [1.29, 1.82) is 0 Å². The molecular weight excluding hydrogens is 313 g/mol. The van der Waals surface area contributed by atoms with Crippen LogP contribution in [0.3, 0.4) is 0 Å². The molecule has 0 spiro atoms. The molecule has 1 aromatic rings. The number of halogens is 1. The fourth-order valence-electron chi connectivity index (χ4n) is 2.11. The van der Waals surface area contributed by atoms with Gasteiger partial charge in [0.15, 0.2) is 6.23 Å². The third-order valence-electron chi connectivity index (χ3n) is 3.21. The monoisotopic (exact) mass is 327 g/mol. The van der Waals surface area contributed by atoms with Crippen molar-refractivity contribution in [2.45, 2.75) is 19.2 Å². The van der Waals surface area contributed by atoms with Crippen molar-refractivity contribution in [3.8, 4) is 0 Å². The SMILES string of the molecule is CC1[C@@H](NC(=O)CS)OC(=O)N1c1ccc(C(N)=O)c(F)c1. The van der Waals surface area contributed by atoms with Gasteiger partial charge < -0.3 is 15.8 Å². The number of carbonyl (C=O) groups is 3. The van der Waals surface area contributed by atoms with Gasteiger partial charge in [-0.05, 0) is 25.1 Å². The van der Waals surface area contributed by atoms with Crippen LogP contribution < -0.4 is 16.0 Å². The number of cyclic esters (lactones) is 1. The lowest BCUT2D eigenvalue weighted by atomic mass is 10.1. The molecule has 2 atom stereocenters. The van der Waals surface area contributed by atoms with E-state index in [1.165, 1.54) is 17.0 Å². The van der Waals surface area contributed by atoms with Gasteiger partial charge in [0.2, 0.25) is 5.91 Å². The van der Waals surface area contributed by atoms with Crippen LogP contribution in [-0.4, -0.2) is 35.9 Å². The molecule has 7 nitrogen and oxygen atoms in total. The van der Waals surface area contributed by atoms with E-state index in [2.05, 4.69) is 17.9 Å². The Bertz CT molecular complexity index is 640. The summed E-state index contributed by atoms with van der Waals surface area (Å²) in [4.78, 5) is 35.4. The van der Waals surface area contributed by atoms with E-state index in [9.17, 15) is 18.8 Å². The number of hydrogen-bond acceptors (Lipinski definition) is 5. The number of anilines is 1. The highest BCUT2D eigenvalue weighted by Crippen LogP contribution is 2.27. The van der Waals surface area contributed by atoms with Crippen LogP contribution in [0.15, 0.2) is 18.2 Å². The number of nitrogens with zero attached hydrogens (tertiary/aromatic N) is 1. The number of benzene rings is 1. The Kier molecular flexibility index (Phi) is 4.55. The molecule has 0 bridgehead atoms. The molecule has 1 aromatic carbocycles. The minimum atomic E-state index is -0.903. The highest BCUT2D eigenvalue weighted by molar-refractivity contribution is 7.81. The minimum Gasteiger partial charge on any atom is -0.423 e. The van der Waals surface area contributed by atoms with Crippen LogP contribution in [0.5, 0.6) is 0 Å². The van der Waals surface area contributed by atoms with E-state index < -0.39 is 36.0 Å². The molecule has 2 rings (SSSR count). The Morgan fingerprint density at radius 2 is 2.18 bits per heavy atom. The van der Waals surface area contributed by atoms with Gasteiger partial charge in [-0.3, -0.25) is 14.5 Å². The summed E-state index contributed by atoms with van der Waals surface area (Å²) in [5, 5.41) is 2.48. The largest absolute Gasteiger partial charge is 0.423 e. The summed E-state index contributed by atoms with van der Waals surface area (Å²) in [5.41, 5.74) is 4.95. The number of carbonyl (C=O) groups excluding carboxylic acids is 3. The molecule has 118 valence electrons. The second kappa shape index (κ2) is 6.22. The van der Waals surface area contributed by atoms with Gasteiger partial charge in [-0.25, -0.2) is 9.18 Å². The van der Waals surface area contributed by atoms with Gasteiger partial charge in [-0.2, -0.15) is 12.6 Å². The fourth-order valence-corrected chi connectivity index (χ4v) is 2.21. The molecular formula is C13H14FN3O4S. The molecule has 0 radical (unpaired) electrons. The van der Waals surface area contributed by atoms with E-state index in [0.717, 1.165) is 6.07 Å². The molecule has 3 amide bonds. The van der Waals surface area contributed by atoms with Gasteiger partial charge in [0.05, 0.1) is 23.0 Å². The lowest BCUT2D eigenvalue weighted by molar-refractivity contribution is -0.121. The lowest BCUT2D eigenvalue weighted by Crippen LogP contribution is -2.44. The van der Waals surface area contributed by atoms with Crippen molar-refractivity contribution in [3.63, 3.8) is 0 Å². The molecule has 3 N–H and O–H groups in total. The van der Waals surface area contributed by atoms with Crippen LogP contribution in [0, 0.1) is 5.82 Å². The Balaban J connectivity index is 2.25. The maximum Gasteiger partial charge on any atom is 0.416 e. The standard InChI is InChI=1S/C13H14FN3O4S/c1-6-12(16-10(18)5-22)21-13(20)17(6)7-2-3-8(11(15)19)9(14)4-7/h2-4,6,12,22H,5H2,1H3,(H2,15,19)(H,16,18)/t6?,12-/m0/s1. The van der Waals surface area contributed by atoms with Crippen LogP contribution in [0.1, 0.15) is 17.3 Å². The average Bonchev–Trinajstić information content (AvgIpc) is 2.72. The quantitative estimate of drug-likeness (QED) is 0.706. The predicted octanol–water partition coefficient (Wildman–Crippen LogP) is 0.642. The highest BCUT2D eigenvalue weighted by atomic mass is 32.1. The summed E-state index contributed by atoms with van der Waals surface area (Å²) in [6.07, 6.45) is -1.60. The van der Waals surface area contributed by atoms with Crippen LogP contribution in [-0.2, 0) is 9.53 Å². The Hall–Kier alpha value is -2.29. The first-order valence-electron chi connectivity index (χ1n) is 6.34. The number of ether oxygens (including phenoxy) is 1. The zero-order chi connectivity index (χ0) is 16.4. The lowest BCUT2D eigenvalue weighted by Gasteiger charge is -2.21. The molecule has 1 fully saturated rings. The van der Waals surface area contributed by atoms with Crippen LogP contribution in [0.2, 0.25) is 0 Å². The zero-order valence-corrected chi connectivity index (χ0v) is 12.5. The second-order valence-electron chi connectivity index (χ2n) is 4.67. The molecule has 0 saturated carbocycles. The Morgan fingerprint density at radius 3 is 2.73 bits per heavy atom. The van der Waals surface area contributed by atoms with Crippen molar-refractivity contribution in [3.05, 3.63) is 29.6 Å². The summed E-state index contributed by atoms with van der Waals surface area (Å²) in [6.45, 7) is 1.63. The van der Waals surface area contributed by atoms with Crippen LogP contribution >= 0.6 is 12.6 Å².